The van der Waals surface area contributed by atoms with Crippen LogP contribution in [0, 0.1) is 12.5 Å². The molecule has 0 amide bonds. The average molecular weight is 472 g/mol. The van der Waals surface area contributed by atoms with Crippen LogP contribution < -0.4 is 4.74 Å². The second kappa shape index (κ2) is 9.95. The number of rotatable bonds is 2. The van der Waals surface area contributed by atoms with E-state index in [1.807, 2.05) is 12.1 Å². The first kappa shape index (κ1) is 23.5. The Kier molecular flexibility index (Phi) is 7.54. The molecule has 31 heavy (non-hydrogen) atoms. The third-order valence-corrected chi connectivity index (χ3v) is 5.30. The number of aromatic amines is 1. The van der Waals surface area contributed by atoms with Gasteiger partial charge in [-0.2, -0.15) is 25.7 Å². The molecule has 1 N–H and O–H groups in total. The van der Waals surface area contributed by atoms with Crippen molar-refractivity contribution in [2.24, 2.45) is 0 Å². The molecular weight excluding hydrogens is 450 g/mol. The first-order valence-corrected chi connectivity index (χ1v) is 9.70. The van der Waals surface area contributed by atoms with Crippen molar-refractivity contribution >= 4 is 11.0 Å². The maximum Gasteiger partial charge on any atom is 2.00 e. The van der Waals surface area contributed by atoms with E-state index in [2.05, 4.69) is 39.5 Å². The largest absolute Gasteiger partial charge is 2.00 e. The summed E-state index contributed by atoms with van der Waals surface area (Å²) >= 11 is 0. The number of benzene rings is 1. The molecule has 0 bridgehead atoms. The van der Waals surface area contributed by atoms with Crippen molar-refractivity contribution in [3.05, 3.63) is 66.3 Å². The Morgan fingerprint density at radius 1 is 1.32 bits per heavy atom. The third-order valence-electron chi connectivity index (χ3n) is 5.30. The van der Waals surface area contributed by atoms with Crippen LogP contribution in [0.1, 0.15) is 17.7 Å². The summed E-state index contributed by atoms with van der Waals surface area (Å²) in [5, 5.41) is 0.342. The Hall–Kier alpha value is -2.19. The molecular formula is C22H22F3MnN3O2. The fourth-order valence-electron chi connectivity index (χ4n) is 3.69. The molecule has 0 saturated carbocycles. The Balaban J connectivity index is 0.000000176. The zero-order valence-electron chi connectivity index (χ0n) is 16.8. The Morgan fingerprint density at radius 3 is 2.84 bits per heavy atom. The van der Waals surface area contributed by atoms with Crippen LogP contribution in [0.3, 0.4) is 0 Å². The van der Waals surface area contributed by atoms with Crippen molar-refractivity contribution in [1.29, 1.82) is 0 Å². The number of pyridine rings is 1. The minimum atomic E-state index is -4.35. The molecule has 165 valence electrons. The van der Waals surface area contributed by atoms with E-state index in [-0.39, 0.29) is 22.7 Å². The monoisotopic (exact) mass is 472 g/mol. The molecule has 3 aromatic rings. The number of fused-ring (bicyclic) bond motifs is 2. The predicted octanol–water partition coefficient (Wildman–Crippen LogP) is 4.10. The number of methoxy groups -OCH3 is 1. The van der Waals surface area contributed by atoms with Gasteiger partial charge in [0.05, 0.1) is 18.4 Å². The number of nitrogens with one attached hydrogen (secondary N) is 1. The normalized spacial score (nSPS) is 20.6. The molecule has 0 aliphatic carbocycles. The summed E-state index contributed by atoms with van der Waals surface area (Å²) in [7, 11) is 1.80. The van der Waals surface area contributed by atoms with Gasteiger partial charge in [0.2, 0.25) is 0 Å². The second-order valence-corrected chi connectivity index (χ2v) is 7.26. The fourth-order valence-corrected chi connectivity index (χ4v) is 3.69. The molecule has 5 rings (SSSR count). The molecule has 2 aromatic heterocycles. The molecule has 0 unspecified atom stereocenters. The second-order valence-electron chi connectivity index (χ2n) is 7.26. The summed E-state index contributed by atoms with van der Waals surface area (Å²) in [5.41, 5.74) is 0.622. The third kappa shape index (κ3) is 5.54. The molecule has 2 aliphatic heterocycles. The van der Waals surface area contributed by atoms with Crippen molar-refractivity contribution in [3.8, 4) is 5.75 Å². The Morgan fingerprint density at radius 2 is 2.13 bits per heavy atom. The van der Waals surface area contributed by atoms with E-state index >= 15 is 0 Å². The van der Waals surface area contributed by atoms with Crippen molar-refractivity contribution in [1.82, 2.24) is 14.9 Å². The van der Waals surface area contributed by atoms with Gasteiger partial charge >= 0.3 is 23.2 Å². The van der Waals surface area contributed by atoms with Crippen LogP contribution in [-0.4, -0.2) is 53.8 Å². The van der Waals surface area contributed by atoms with Gasteiger partial charge in [0, 0.05) is 37.6 Å². The van der Waals surface area contributed by atoms with Gasteiger partial charge in [-0.3, -0.25) is 0 Å². The molecule has 0 spiro atoms. The number of H-pyrrole nitrogens is 1. The summed E-state index contributed by atoms with van der Waals surface area (Å²) in [5.74, 6) is 1.01. The first-order chi connectivity index (χ1) is 14.4. The summed E-state index contributed by atoms with van der Waals surface area (Å²) in [6.07, 6.45) is 0.868. The standard InChI is InChI=1S/C14H18NO2.C8H4F3N2.Mn/c1-16-13-6-7-15(9-13)12-8-11-4-2-3-5-14(11)17-10-12;9-8(10,11)6-4-5-2-1-3-12-7(5)13-6;/h2-5,8,12-13H,6-7,9-10H2,1H3;1,3-4H,(H,12,13);/q2*-1;+2/t12-,13+;;/m1../s1. The number of para-hydroxylation sites is 1. The Bertz CT molecular complexity index is 962. The van der Waals surface area contributed by atoms with Gasteiger partial charge in [-0.1, -0.05) is 18.3 Å². The van der Waals surface area contributed by atoms with Gasteiger partial charge in [0.25, 0.3) is 0 Å². The molecule has 9 heteroatoms. The van der Waals surface area contributed by atoms with Crippen LogP contribution in [-0.2, 0) is 28.0 Å². The molecule has 1 aromatic carbocycles. The maximum absolute atomic E-state index is 12.2. The van der Waals surface area contributed by atoms with Crippen LogP contribution in [0.4, 0.5) is 13.2 Å². The number of nitrogens with zero attached hydrogens (tertiary/aromatic N) is 2. The number of halogens is 3. The van der Waals surface area contributed by atoms with Crippen LogP contribution >= 0.6 is 0 Å². The predicted molar refractivity (Wildman–Crippen MR) is 106 cm³/mol. The van der Waals surface area contributed by atoms with Crippen LogP contribution in [0.15, 0.2) is 42.6 Å². The van der Waals surface area contributed by atoms with Gasteiger partial charge in [0.15, 0.2) is 0 Å². The van der Waals surface area contributed by atoms with Crippen LogP contribution in [0.25, 0.3) is 11.0 Å². The van der Waals surface area contributed by atoms with Gasteiger partial charge in [-0.25, -0.2) is 0 Å². The molecule has 2 aliphatic rings. The summed E-state index contributed by atoms with van der Waals surface area (Å²) in [6.45, 7) is 2.88. The zero-order valence-corrected chi connectivity index (χ0v) is 18.0. The first-order valence-electron chi connectivity index (χ1n) is 9.70. The molecule has 1 fully saturated rings. The summed E-state index contributed by atoms with van der Waals surface area (Å²) < 4.78 is 47.7. The van der Waals surface area contributed by atoms with E-state index < -0.39 is 11.9 Å². The smallest absolute Gasteiger partial charge is 0.550 e. The van der Waals surface area contributed by atoms with Crippen LogP contribution in [0.5, 0.6) is 5.75 Å². The number of hydrogen-bond acceptors (Lipinski definition) is 4. The maximum atomic E-state index is 12.2. The zero-order chi connectivity index (χ0) is 21.1. The van der Waals surface area contributed by atoms with Gasteiger partial charge in [-0.15, -0.1) is 35.2 Å². The van der Waals surface area contributed by atoms with Crippen molar-refractivity contribution in [3.63, 3.8) is 0 Å². The number of aromatic nitrogens is 2. The van der Waals surface area contributed by atoms with Gasteiger partial charge < -0.3 is 24.3 Å². The minimum absolute atomic E-state index is 0. The van der Waals surface area contributed by atoms with Gasteiger partial charge in [-0.05, 0) is 6.42 Å². The molecule has 4 heterocycles. The van der Waals surface area contributed by atoms with Crippen molar-refractivity contribution < 1.29 is 39.7 Å². The average Bonchev–Trinajstić information content (AvgIpc) is 3.41. The quantitative estimate of drug-likeness (QED) is 0.451. The van der Waals surface area contributed by atoms with E-state index in [0.29, 0.717) is 17.5 Å². The minimum Gasteiger partial charge on any atom is -0.550 e. The van der Waals surface area contributed by atoms with Crippen molar-refractivity contribution in [2.75, 3.05) is 26.8 Å². The fraction of sp³-hybridized carbons (Fsp3) is 0.364. The van der Waals surface area contributed by atoms with E-state index in [1.54, 1.807) is 7.11 Å². The number of alkyl halides is 3. The van der Waals surface area contributed by atoms with Crippen molar-refractivity contribution in [2.45, 2.75) is 24.7 Å². The molecule has 1 radical (unpaired) electrons. The van der Waals surface area contributed by atoms with E-state index in [4.69, 9.17) is 9.47 Å². The molecule has 1 saturated heterocycles. The Labute approximate surface area is 189 Å². The number of hydrogen-bond donors (Lipinski definition) is 1. The number of likely N-dealkylation sites (tertiary alicyclic amines) is 1. The molecule has 2 atom stereocenters. The number of ether oxygens (including phenoxy) is 2. The van der Waals surface area contributed by atoms with E-state index in [0.717, 1.165) is 37.9 Å². The van der Waals surface area contributed by atoms with E-state index in [9.17, 15) is 13.2 Å². The van der Waals surface area contributed by atoms with Gasteiger partial charge in [0.1, 0.15) is 0 Å². The summed E-state index contributed by atoms with van der Waals surface area (Å²) in [6, 6.07) is 13.7. The topological polar surface area (TPSA) is 50.4 Å². The molecule has 5 nitrogen and oxygen atoms in total. The van der Waals surface area contributed by atoms with Crippen LogP contribution in [0.2, 0.25) is 0 Å². The summed E-state index contributed by atoms with van der Waals surface area (Å²) in [4.78, 5) is 8.35. The van der Waals surface area contributed by atoms with E-state index in [1.165, 1.54) is 17.8 Å². The SMILES string of the molecule is CO[C@H]1CCN([C@@H]2[CH-]c3ccccc3OC2)C1.FC(F)(F)c1cc2[c-]ccnc2[nH]1.[Mn+2].